The molecule has 0 aliphatic rings. The monoisotopic (exact) mass is 340 g/mol. The van der Waals surface area contributed by atoms with E-state index >= 15 is 0 Å². The number of para-hydroxylation sites is 1. The van der Waals surface area contributed by atoms with Crippen molar-refractivity contribution < 1.29 is 14.2 Å². The highest BCUT2D eigenvalue weighted by molar-refractivity contribution is 5.60. The summed E-state index contributed by atoms with van der Waals surface area (Å²) in [5.74, 6) is 2.67. The zero-order chi connectivity index (χ0) is 17.6. The van der Waals surface area contributed by atoms with Crippen molar-refractivity contribution in [3.63, 3.8) is 0 Å². The van der Waals surface area contributed by atoms with Crippen LogP contribution in [0.4, 0.5) is 0 Å². The van der Waals surface area contributed by atoms with E-state index < -0.39 is 0 Å². The Labute approximate surface area is 146 Å². The summed E-state index contributed by atoms with van der Waals surface area (Å²) in [7, 11) is 3.19. The third-order valence-electron chi connectivity index (χ3n) is 3.74. The minimum atomic E-state index is 0.465. The second-order valence-corrected chi connectivity index (χ2v) is 5.39. The quantitative estimate of drug-likeness (QED) is 0.658. The van der Waals surface area contributed by atoms with Gasteiger partial charge in [0, 0.05) is 5.56 Å². The maximum atomic E-state index is 5.76. The molecule has 0 atom stereocenters. The zero-order valence-corrected chi connectivity index (χ0v) is 14.5. The van der Waals surface area contributed by atoms with Crippen LogP contribution in [0.1, 0.15) is 5.56 Å². The van der Waals surface area contributed by atoms with Gasteiger partial charge < -0.3 is 14.2 Å². The van der Waals surface area contributed by atoms with Crippen molar-refractivity contribution in [3.8, 4) is 28.6 Å². The molecule has 3 aromatic rings. The molecule has 130 valence electrons. The zero-order valence-electron chi connectivity index (χ0n) is 14.5. The van der Waals surface area contributed by atoms with Crippen LogP contribution in [0.3, 0.4) is 0 Å². The number of rotatable bonds is 7. The van der Waals surface area contributed by atoms with Gasteiger partial charge in [0.05, 0.1) is 20.8 Å². The predicted octanol–water partition coefficient (Wildman–Crippen LogP) is 2.74. The molecule has 0 amide bonds. The molecule has 1 aromatic heterocycles. The van der Waals surface area contributed by atoms with E-state index in [0.717, 1.165) is 16.9 Å². The Hall–Kier alpha value is -3.09. The van der Waals surface area contributed by atoms with Gasteiger partial charge in [-0.3, -0.25) is 0 Å². The first-order valence-electron chi connectivity index (χ1n) is 7.90. The fraction of sp³-hybridized carbons (Fsp3) is 0.278. The fourth-order valence-electron chi connectivity index (χ4n) is 2.38. The maximum absolute atomic E-state index is 5.76. The van der Waals surface area contributed by atoms with Gasteiger partial charge in [0.25, 0.3) is 0 Å². The van der Waals surface area contributed by atoms with Crippen molar-refractivity contribution in [3.05, 3.63) is 48.0 Å². The molecule has 0 spiro atoms. The van der Waals surface area contributed by atoms with Crippen molar-refractivity contribution in [2.45, 2.75) is 13.5 Å². The van der Waals surface area contributed by atoms with Crippen LogP contribution >= 0.6 is 0 Å². The van der Waals surface area contributed by atoms with Crippen molar-refractivity contribution >= 4 is 0 Å². The van der Waals surface area contributed by atoms with E-state index in [0.29, 0.717) is 30.5 Å². The topological polar surface area (TPSA) is 71.3 Å². The maximum Gasteiger partial charge on any atom is 0.205 e. The van der Waals surface area contributed by atoms with Crippen LogP contribution in [0.5, 0.6) is 17.2 Å². The van der Waals surface area contributed by atoms with E-state index in [1.54, 1.807) is 14.2 Å². The molecule has 0 saturated carbocycles. The first kappa shape index (κ1) is 16.8. The Bertz CT molecular complexity index is 848. The summed E-state index contributed by atoms with van der Waals surface area (Å²) in [4.78, 5) is 1.52. The molecule has 0 bridgehead atoms. The molecule has 0 aliphatic carbocycles. The van der Waals surface area contributed by atoms with Crippen molar-refractivity contribution in [2.24, 2.45) is 0 Å². The standard InChI is InChI=1S/C18H20N4O3/c1-13-6-4-5-7-15(13)25-11-10-22-20-18(19-21-22)14-8-9-16(23-2)17(12-14)24-3/h4-9,12H,10-11H2,1-3H3. The van der Waals surface area contributed by atoms with Crippen LogP contribution in [0.25, 0.3) is 11.4 Å². The lowest BCUT2D eigenvalue weighted by Crippen LogP contribution is -2.11. The minimum absolute atomic E-state index is 0.465. The summed E-state index contributed by atoms with van der Waals surface area (Å²) in [6, 6.07) is 13.4. The third kappa shape index (κ3) is 3.88. The van der Waals surface area contributed by atoms with E-state index in [-0.39, 0.29) is 0 Å². The number of methoxy groups -OCH3 is 2. The SMILES string of the molecule is COc1ccc(-c2nnn(CCOc3ccccc3C)n2)cc1OC. The molecule has 1 heterocycles. The summed E-state index contributed by atoms with van der Waals surface area (Å²) >= 11 is 0. The van der Waals surface area contributed by atoms with Crippen molar-refractivity contribution in [1.82, 2.24) is 20.2 Å². The van der Waals surface area contributed by atoms with E-state index in [2.05, 4.69) is 15.4 Å². The van der Waals surface area contributed by atoms with Gasteiger partial charge in [-0.1, -0.05) is 18.2 Å². The summed E-state index contributed by atoms with van der Waals surface area (Å²) in [6.07, 6.45) is 0. The summed E-state index contributed by atoms with van der Waals surface area (Å²) in [6.45, 7) is 2.99. The normalized spacial score (nSPS) is 10.5. The van der Waals surface area contributed by atoms with Gasteiger partial charge in [0.1, 0.15) is 12.4 Å². The molecular weight excluding hydrogens is 320 g/mol. The molecule has 0 fully saturated rings. The Morgan fingerprint density at radius 2 is 1.76 bits per heavy atom. The largest absolute Gasteiger partial charge is 0.493 e. The Balaban J connectivity index is 1.65. The molecule has 7 nitrogen and oxygen atoms in total. The molecule has 7 heteroatoms. The molecule has 0 N–H and O–H groups in total. The highest BCUT2D eigenvalue weighted by Crippen LogP contribution is 2.30. The second-order valence-electron chi connectivity index (χ2n) is 5.39. The molecular formula is C18H20N4O3. The van der Waals surface area contributed by atoms with Gasteiger partial charge in [-0.25, -0.2) is 0 Å². The van der Waals surface area contributed by atoms with Crippen LogP contribution in [0.15, 0.2) is 42.5 Å². The van der Waals surface area contributed by atoms with E-state index in [9.17, 15) is 0 Å². The first-order valence-corrected chi connectivity index (χ1v) is 7.90. The fourth-order valence-corrected chi connectivity index (χ4v) is 2.38. The molecule has 0 unspecified atom stereocenters. The summed E-state index contributed by atoms with van der Waals surface area (Å²) < 4.78 is 16.3. The van der Waals surface area contributed by atoms with Crippen molar-refractivity contribution in [1.29, 1.82) is 0 Å². The molecule has 0 radical (unpaired) electrons. The average molecular weight is 340 g/mol. The number of benzene rings is 2. The van der Waals surface area contributed by atoms with Crippen LogP contribution in [0, 0.1) is 6.92 Å². The highest BCUT2D eigenvalue weighted by atomic mass is 16.5. The Morgan fingerprint density at radius 1 is 0.960 bits per heavy atom. The summed E-state index contributed by atoms with van der Waals surface area (Å²) in [5.41, 5.74) is 1.91. The van der Waals surface area contributed by atoms with Gasteiger partial charge in [-0.05, 0) is 42.0 Å². The molecule has 2 aromatic carbocycles. The van der Waals surface area contributed by atoms with E-state index in [4.69, 9.17) is 14.2 Å². The van der Waals surface area contributed by atoms with Crippen LogP contribution in [0.2, 0.25) is 0 Å². The second kappa shape index (κ2) is 7.65. The minimum Gasteiger partial charge on any atom is -0.493 e. The molecule has 3 rings (SSSR count). The van der Waals surface area contributed by atoms with E-state index in [1.165, 1.54) is 4.80 Å². The van der Waals surface area contributed by atoms with Gasteiger partial charge >= 0.3 is 0 Å². The number of hydrogen-bond acceptors (Lipinski definition) is 6. The number of tetrazole rings is 1. The lowest BCUT2D eigenvalue weighted by atomic mass is 10.2. The highest BCUT2D eigenvalue weighted by Gasteiger charge is 2.10. The van der Waals surface area contributed by atoms with Gasteiger partial charge in [0.2, 0.25) is 5.82 Å². The van der Waals surface area contributed by atoms with Crippen LogP contribution in [-0.4, -0.2) is 41.0 Å². The average Bonchev–Trinajstić information content (AvgIpc) is 3.11. The Morgan fingerprint density at radius 3 is 2.52 bits per heavy atom. The number of aromatic nitrogens is 4. The number of hydrogen-bond donors (Lipinski definition) is 0. The van der Waals surface area contributed by atoms with Gasteiger partial charge in [-0.15, -0.1) is 10.2 Å². The summed E-state index contributed by atoms with van der Waals surface area (Å²) in [5, 5.41) is 12.5. The first-order chi connectivity index (χ1) is 12.2. The molecule has 0 aliphatic heterocycles. The van der Waals surface area contributed by atoms with Gasteiger partial charge in [0.15, 0.2) is 11.5 Å². The number of nitrogens with zero attached hydrogens (tertiary/aromatic N) is 4. The lowest BCUT2D eigenvalue weighted by molar-refractivity contribution is 0.279. The number of aryl methyl sites for hydroxylation is 1. The Kier molecular flexibility index (Phi) is 5.13. The van der Waals surface area contributed by atoms with Crippen LogP contribution in [-0.2, 0) is 6.54 Å². The third-order valence-corrected chi connectivity index (χ3v) is 3.74. The molecule has 0 saturated heterocycles. The predicted molar refractivity (Wildman–Crippen MR) is 93.0 cm³/mol. The lowest BCUT2D eigenvalue weighted by Gasteiger charge is -2.08. The van der Waals surface area contributed by atoms with Crippen LogP contribution < -0.4 is 14.2 Å². The molecule has 25 heavy (non-hydrogen) atoms. The van der Waals surface area contributed by atoms with Gasteiger partial charge in [-0.2, -0.15) is 4.80 Å². The van der Waals surface area contributed by atoms with Crippen molar-refractivity contribution in [2.75, 3.05) is 20.8 Å². The number of ether oxygens (including phenoxy) is 3. The smallest absolute Gasteiger partial charge is 0.205 e. The van der Waals surface area contributed by atoms with E-state index in [1.807, 2.05) is 49.4 Å².